The van der Waals surface area contributed by atoms with Crippen molar-refractivity contribution in [1.82, 2.24) is 14.9 Å². The first-order chi connectivity index (χ1) is 20.4. The molecule has 1 amide bonds. The number of nitrogens with zero attached hydrogens (tertiary/aromatic N) is 2. The number of imidazole rings is 1. The average Bonchev–Trinajstić information content (AvgIpc) is 3.36. The second-order valence-electron chi connectivity index (χ2n) is 9.06. The zero-order valence-electron chi connectivity index (χ0n) is 23.2. The molecule has 1 aromatic heterocycles. The van der Waals surface area contributed by atoms with Gasteiger partial charge in [0.05, 0.1) is 11.0 Å². The molecule has 220 valence electrons. The van der Waals surface area contributed by atoms with Gasteiger partial charge >= 0.3 is 17.7 Å². The highest BCUT2D eigenvalue weighted by Crippen LogP contribution is 2.38. The van der Waals surface area contributed by atoms with Crippen LogP contribution < -0.4 is 5.32 Å². The lowest BCUT2D eigenvalue weighted by Gasteiger charge is -2.30. The lowest BCUT2D eigenvalue weighted by atomic mass is 10.2. The van der Waals surface area contributed by atoms with Crippen molar-refractivity contribution in [3.63, 3.8) is 0 Å². The van der Waals surface area contributed by atoms with Crippen molar-refractivity contribution in [2.75, 3.05) is 13.2 Å². The van der Waals surface area contributed by atoms with Gasteiger partial charge in [0, 0.05) is 24.7 Å². The Morgan fingerprint density at radius 1 is 0.929 bits per heavy atom. The van der Waals surface area contributed by atoms with Crippen LogP contribution in [0.3, 0.4) is 0 Å². The molecule has 0 aliphatic heterocycles. The predicted molar refractivity (Wildman–Crippen MR) is 157 cm³/mol. The topological polar surface area (TPSA) is 118 Å². The number of hydrogen-bond acceptors (Lipinski definition) is 8. The van der Waals surface area contributed by atoms with E-state index in [-0.39, 0.29) is 38.7 Å². The summed E-state index contributed by atoms with van der Waals surface area (Å²) in [5.41, 5.74) is 0.723. The van der Waals surface area contributed by atoms with E-state index in [1.165, 1.54) is 4.57 Å². The van der Waals surface area contributed by atoms with Gasteiger partial charge in [0.25, 0.3) is 0 Å². The molecule has 0 radical (unpaired) electrons. The Balaban J connectivity index is 1.68. The molecule has 1 N–H and O–H groups in total. The molecule has 0 aliphatic carbocycles. The van der Waals surface area contributed by atoms with Crippen molar-refractivity contribution in [3.8, 4) is 0 Å². The Kier molecular flexibility index (Phi) is 11.0. The molecule has 0 fully saturated rings. The summed E-state index contributed by atoms with van der Waals surface area (Å²) in [5, 5.41) is 3.04. The van der Waals surface area contributed by atoms with E-state index in [9.17, 15) is 14.2 Å². The summed E-state index contributed by atoms with van der Waals surface area (Å²) in [6, 6.07) is 22.0. The highest BCUT2D eigenvalue weighted by molar-refractivity contribution is 7.24. The third-order valence-electron chi connectivity index (χ3n) is 6.15. The van der Waals surface area contributed by atoms with E-state index in [0.717, 1.165) is 11.1 Å². The van der Waals surface area contributed by atoms with Gasteiger partial charge in [0.1, 0.15) is 25.1 Å². The number of carbonyl (C=O) groups excluding carboxylic acids is 2. The summed E-state index contributed by atoms with van der Waals surface area (Å²) in [7, 11) is -0.504. The van der Waals surface area contributed by atoms with Gasteiger partial charge < -0.3 is 24.3 Å². The summed E-state index contributed by atoms with van der Waals surface area (Å²) in [6.07, 6.45) is -0.994. The number of esters is 1. The highest BCUT2D eigenvalue weighted by atomic mass is 35.5. The molecular formula is C30H31ClN3O7P. The number of halogens is 1. The Hall–Kier alpha value is -3.82. The third-order valence-corrected chi connectivity index (χ3v) is 7.07. The summed E-state index contributed by atoms with van der Waals surface area (Å²) in [6.45, 7) is 3.79. The zero-order chi connectivity index (χ0) is 30.0. The Morgan fingerprint density at radius 3 is 2.10 bits per heavy atom. The SMILES string of the molecule is CCOC(OCC)(P=O)n1c(CC(NC(=O)OCc2ccccc2)C(=O)OCc2ccccc2)nc2cc(Cl)ccc21. The fourth-order valence-electron chi connectivity index (χ4n) is 4.31. The van der Waals surface area contributed by atoms with Crippen molar-refractivity contribution in [2.45, 2.75) is 45.2 Å². The fraction of sp³-hybridized carbons (Fsp3) is 0.300. The maximum Gasteiger partial charge on any atom is 0.408 e. The second kappa shape index (κ2) is 14.9. The number of amides is 1. The van der Waals surface area contributed by atoms with Crippen LogP contribution in [0.1, 0.15) is 30.8 Å². The number of carbonyl (C=O) groups is 2. The van der Waals surface area contributed by atoms with Gasteiger partial charge in [-0.25, -0.2) is 14.6 Å². The summed E-state index contributed by atoms with van der Waals surface area (Å²) < 4.78 is 36.8. The number of benzene rings is 3. The number of alkyl carbamates (subject to hydrolysis) is 1. The van der Waals surface area contributed by atoms with Gasteiger partial charge in [0.2, 0.25) is 8.46 Å². The molecule has 12 heteroatoms. The molecule has 42 heavy (non-hydrogen) atoms. The number of hydrogen-bond donors (Lipinski definition) is 1. The van der Waals surface area contributed by atoms with Gasteiger partial charge in [0.15, 0.2) is 0 Å². The predicted octanol–water partition coefficient (Wildman–Crippen LogP) is 6.20. The maximum atomic E-state index is 13.4. The second-order valence-corrected chi connectivity index (χ2v) is 10.2. The summed E-state index contributed by atoms with van der Waals surface area (Å²) in [4.78, 5) is 30.9. The molecular weight excluding hydrogens is 581 g/mol. The lowest BCUT2D eigenvalue weighted by Crippen LogP contribution is -2.45. The molecule has 10 nitrogen and oxygen atoms in total. The molecule has 4 rings (SSSR count). The molecule has 1 heterocycles. The van der Waals surface area contributed by atoms with E-state index < -0.39 is 32.2 Å². The monoisotopic (exact) mass is 611 g/mol. The number of fused-ring (bicyclic) bond motifs is 1. The van der Waals surface area contributed by atoms with E-state index in [1.54, 1.807) is 32.0 Å². The minimum atomic E-state index is -1.78. The minimum absolute atomic E-state index is 0.00230. The number of ether oxygens (including phenoxy) is 4. The van der Waals surface area contributed by atoms with Crippen LogP contribution in [-0.4, -0.2) is 40.9 Å². The summed E-state index contributed by atoms with van der Waals surface area (Å²) >= 11 is 6.24. The van der Waals surface area contributed by atoms with Crippen LogP contribution in [0.2, 0.25) is 5.02 Å². The molecule has 0 spiro atoms. The summed E-state index contributed by atoms with van der Waals surface area (Å²) in [5.74, 6) is -0.479. The smallest absolute Gasteiger partial charge is 0.408 e. The third kappa shape index (κ3) is 7.72. The molecule has 1 atom stereocenters. The Bertz CT molecular complexity index is 1500. The molecule has 0 saturated carbocycles. The van der Waals surface area contributed by atoms with Gasteiger partial charge in [-0.05, 0) is 43.2 Å². The normalized spacial score (nSPS) is 12.3. The fourth-order valence-corrected chi connectivity index (χ4v) is 5.14. The van der Waals surface area contributed by atoms with Crippen molar-refractivity contribution in [2.24, 2.45) is 0 Å². The molecule has 3 aromatic carbocycles. The van der Waals surface area contributed by atoms with Crippen LogP contribution in [0, 0.1) is 0 Å². The largest absolute Gasteiger partial charge is 0.459 e. The first-order valence-corrected chi connectivity index (χ1v) is 14.6. The van der Waals surface area contributed by atoms with Crippen LogP contribution in [0.4, 0.5) is 4.79 Å². The standard InChI is InChI=1S/C30H31ClN3O7P/c1-3-40-30(42-37,41-4-2)34-26-16-15-23(31)17-24(26)32-27(34)18-25(28(35)38-19-21-11-7-5-8-12-21)33-29(36)39-20-22-13-9-6-10-14-22/h5-17,25H,3-4,18-20H2,1-2H3,(H,33,36). The first kappa shape index (κ1) is 31.1. The minimum Gasteiger partial charge on any atom is -0.459 e. The van der Waals surface area contributed by atoms with Crippen molar-refractivity contribution in [1.29, 1.82) is 0 Å². The van der Waals surface area contributed by atoms with Gasteiger partial charge in [-0.15, -0.1) is 0 Å². The van der Waals surface area contributed by atoms with Crippen molar-refractivity contribution < 1.29 is 33.1 Å². The van der Waals surface area contributed by atoms with E-state index in [4.69, 9.17) is 30.5 Å². The van der Waals surface area contributed by atoms with Crippen LogP contribution in [-0.2, 0) is 53.6 Å². The van der Waals surface area contributed by atoms with Crippen LogP contribution in [0.5, 0.6) is 0 Å². The molecule has 0 bridgehead atoms. The number of rotatable bonds is 14. The van der Waals surface area contributed by atoms with E-state index in [1.807, 2.05) is 60.7 Å². The zero-order valence-corrected chi connectivity index (χ0v) is 24.8. The average molecular weight is 612 g/mol. The Labute approximate surface area is 250 Å². The lowest BCUT2D eigenvalue weighted by molar-refractivity contribution is -0.223. The van der Waals surface area contributed by atoms with E-state index in [2.05, 4.69) is 10.3 Å². The molecule has 4 aromatic rings. The van der Waals surface area contributed by atoms with Crippen LogP contribution >= 0.6 is 20.1 Å². The molecule has 0 saturated heterocycles. The van der Waals surface area contributed by atoms with Gasteiger partial charge in [-0.2, -0.15) is 0 Å². The van der Waals surface area contributed by atoms with Gasteiger partial charge in [-0.3, -0.25) is 9.13 Å². The number of nitrogens with one attached hydrogen (secondary N) is 1. The quantitative estimate of drug-likeness (QED) is 0.102. The molecule has 1 unspecified atom stereocenters. The Morgan fingerprint density at radius 2 is 1.52 bits per heavy atom. The van der Waals surface area contributed by atoms with Crippen LogP contribution in [0.15, 0.2) is 78.9 Å². The first-order valence-electron chi connectivity index (χ1n) is 13.4. The van der Waals surface area contributed by atoms with Gasteiger partial charge in [-0.1, -0.05) is 72.3 Å². The molecule has 0 aliphatic rings. The maximum absolute atomic E-state index is 13.4. The highest BCUT2D eigenvalue weighted by Gasteiger charge is 2.40. The van der Waals surface area contributed by atoms with Crippen LogP contribution in [0.25, 0.3) is 11.0 Å². The number of aromatic nitrogens is 2. The van der Waals surface area contributed by atoms with Crippen molar-refractivity contribution in [3.05, 3.63) is 101 Å². The van der Waals surface area contributed by atoms with E-state index in [0.29, 0.717) is 16.1 Å². The van der Waals surface area contributed by atoms with E-state index >= 15 is 0 Å². The van der Waals surface area contributed by atoms with Crippen molar-refractivity contribution >= 4 is 43.2 Å².